The summed E-state index contributed by atoms with van der Waals surface area (Å²) in [7, 11) is 0. The minimum atomic E-state index is -4.47. The number of hydrogen-bond acceptors (Lipinski definition) is 2. The minimum Gasteiger partial charge on any atom is -0.361 e. The average Bonchev–Trinajstić information content (AvgIpc) is 3.33. The molecule has 0 aliphatic heterocycles. The fourth-order valence-corrected chi connectivity index (χ4v) is 4.47. The summed E-state index contributed by atoms with van der Waals surface area (Å²) in [6.45, 7) is 6.23. The third-order valence-corrected chi connectivity index (χ3v) is 6.83. The van der Waals surface area contributed by atoms with Crippen LogP contribution in [0.15, 0.2) is 79.0 Å². The normalized spacial score (nSPS) is 11.6. The number of nitrogens with one attached hydrogen (secondary N) is 2. The maximum Gasteiger partial charge on any atom is 0.416 e. The fourth-order valence-electron chi connectivity index (χ4n) is 4.47. The van der Waals surface area contributed by atoms with Gasteiger partial charge in [0.25, 0.3) is 0 Å². The highest BCUT2D eigenvalue weighted by Crippen LogP contribution is 2.30. The van der Waals surface area contributed by atoms with Crippen molar-refractivity contribution in [2.75, 3.05) is 18.4 Å². The first-order chi connectivity index (χ1) is 19.0. The van der Waals surface area contributed by atoms with Crippen molar-refractivity contribution in [3.8, 4) is 0 Å². The summed E-state index contributed by atoms with van der Waals surface area (Å²) in [5, 5.41) is 3.72. The van der Waals surface area contributed by atoms with E-state index in [0.717, 1.165) is 39.7 Å². The number of rotatable bonds is 9. The molecule has 9 heteroatoms. The van der Waals surface area contributed by atoms with Gasteiger partial charge < -0.3 is 20.1 Å². The Labute approximate surface area is 231 Å². The number of halogens is 3. The van der Waals surface area contributed by atoms with E-state index in [4.69, 9.17) is 0 Å². The van der Waals surface area contributed by atoms with Crippen molar-refractivity contribution in [2.24, 2.45) is 0 Å². The number of para-hydroxylation sites is 1. The molecule has 0 saturated heterocycles. The molecule has 0 atom stereocenters. The van der Waals surface area contributed by atoms with E-state index in [-0.39, 0.29) is 24.2 Å². The van der Waals surface area contributed by atoms with Crippen molar-refractivity contribution in [3.63, 3.8) is 0 Å². The molecule has 0 aliphatic rings. The maximum atomic E-state index is 13.6. The first-order valence-electron chi connectivity index (χ1n) is 13.1. The Morgan fingerprint density at radius 3 is 2.27 bits per heavy atom. The highest BCUT2D eigenvalue weighted by molar-refractivity contribution is 5.92. The molecule has 1 heterocycles. The van der Waals surface area contributed by atoms with Crippen LogP contribution in [0.25, 0.3) is 10.9 Å². The SMILES string of the molecule is Cc1ccc(CN(CCc2c[nH]c3ccccc23)C(=O)CN(C(=O)Nc2ccc(C(F)(F)F)cc2)C(C)C)cc1. The number of aromatic nitrogens is 1. The maximum absolute atomic E-state index is 13.6. The number of hydrogen-bond donors (Lipinski definition) is 2. The molecule has 4 aromatic rings. The lowest BCUT2D eigenvalue weighted by Crippen LogP contribution is -2.47. The van der Waals surface area contributed by atoms with E-state index in [1.165, 1.54) is 17.0 Å². The number of fused-ring (bicyclic) bond motifs is 1. The number of aromatic amines is 1. The lowest BCUT2D eigenvalue weighted by Gasteiger charge is -2.30. The Balaban J connectivity index is 1.49. The smallest absolute Gasteiger partial charge is 0.361 e. The van der Waals surface area contributed by atoms with Crippen LogP contribution < -0.4 is 5.32 Å². The van der Waals surface area contributed by atoms with Gasteiger partial charge in [0.1, 0.15) is 6.54 Å². The third-order valence-electron chi connectivity index (χ3n) is 6.83. The topological polar surface area (TPSA) is 68.4 Å². The molecule has 2 N–H and O–H groups in total. The highest BCUT2D eigenvalue weighted by atomic mass is 19.4. The summed E-state index contributed by atoms with van der Waals surface area (Å²) in [5.41, 5.74) is 3.63. The van der Waals surface area contributed by atoms with Gasteiger partial charge in [-0.25, -0.2) is 4.79 Å². The fraction of sp³-hybridized carbons (Fsp3) is 0.290. The molecule has 0 spiro atoms. The van der Waals surface area contributed by atoms with Crippen LogP contribution in [0.5, 0.6) is 0 Å². The van der Waals surface area contributed by atoms with Gasteiger partial charge in [0.05, 0.1) is 5.56 Å². The van der Waals surface area contributed by atoms with Gasteiger partial charge in [-0.2, -0.15) is 13.2 Å². The minimum absolute atomic E-state index is 0.177. The van der Waals surface area contributed by atoms with Gasteiger partial charge >= 0.3 is 12.2 Å². The Morgan fingerprint density at radius 2 is 1.62 bits per heavy atom. The van der Waals surface area contributed by atoms with Crippen molar-refractivity contribution >= 4 is 28.5 Å². The van der Waals surface area contributed by atoms with Crippen LogP contribution in [-0.2, 0) is 23.9 Å². The van der Waals surface area contributed by atoms with Crippen molar-refractivity contribution in [2.45, 2.75) is 46.0 Å². The first kappa shape index (κ1) is 28.7. The molecular weight excluding hydrogens is 517 g/mol. The van der Waals surface area contributed by atoms with Crippen LogP contribution in [0.4, 0.5) is 23.7 Å². The Morgan fingerprint density at radius 1 is 0.950 bits per heavy atom. The summed E-state index contributed by atoms with van der Waals surface area (Å²) >= 11 is 0. The van der Waals surface area contributed by atoms with Crippen molar-refractivity contribution in [3.05, 3.63) is 101 Å². The van der Waals surface area contributed by atoms with Gasteiger partial charge in [0.15, 0.2) is 0 Å². The molecule has 6 nitrogen and oxygen atoms in total. The number of carbonyl (C=O) groups is 2. The largest absolute Gasteiger partial charge is 0.416 e. The zero-order valence-corrected chi connectivity index (χ0v) is 22.8. The summed E-state index contributed by atoms with van der Waals surface area (Å²) in [6, 6.07) is 19.3. The number of benzene rings is 3. The summed E-state index contributed by atoms with van der Waals surface area (Å²) in [4.78, 5) is 33.1. The van der Waals surface area contributed by atoms with Crippen LogP contribution in [0.2, 0.25) is 0 Å². The highest BCUT2D eigenvalue weighted by Gasteiger charge is 2.30. The van der Waals surface area contributed by atoms with Gasteiger partial charge in [0.2, 0.25) is 5.91 Å². The van der Waals surface area contributed by atoms with E-state index in [1.807, 2.05) is 61.7 Å². The summed E-state index contributed by atoms with van der Waals surface area (Å²) < 4.78 is 38.7. The van der Waals surface area contributed by atoms with Gasteiger partial charge in [-0.3, -0.25) is 4.79 Å². The zero-order valence-electron chi connectivity index (χ0n) is 22.8. The number of aryl methyl sites for hydroxylation is 1. The standard InChI is InChI=1S/C31H33F3N4O2/c1-21(2)38(30(40)36-26-14-12-25(13-15-26)31(32,33)34)20-29(39)37(19-23-10-8-22(3)9-11-23)17-16-24-18-35-28-7-5-4-6-27(24)28/h4-15,18,21,35H,16-17,19-20H2,1-3H3,(H,36,40). The van der Waals surface area contributed by atoms with Crippen LogP contribution in [0.1, 0.15) is 36.1 Å². The predicted octanol–water partition coefficient (Wildman–Crippen LogP) is 7.01. The number of carbonyl (C=O) groups excluding carboxylic acids is 2. The number of alkyl halides is 3. The first-order valence-corrected chi connectivity index (χ1v) is 13.1. The number of anilines is 1. The number of H-pyrrole nitrogens is 1. The van der Waals surface area contributed by atoms with Crippen LogP contribution in [-0.4, -0.2) is 45.9 Å². The second kappa shape index (κ2) is 12.3. The van der Waals surface area contributed by atoms with Gasteiger partial charge in [-0.15, -0.1) is 0 Å². The van der Waals surface area contributed by atoms with Gasteiger partial charge in [-0.05, 0) is 68.7 Å². The Bertz CT molecular complexity index is 1440. The summed E-state index contributed by atoms with van der Waals surface area (Å²) in [5.74, 6) is -0.225. The van der Waals surface area contributed by atoms with E-state index in [0.29, 0.717) is 19.5 Å². The van der Waals surface area contributed by atoms with Crippen LogP contribution in [0, 0.1) is 6.92 Å². The molecule has 3 amide bonds. The molecule has 1 aromatic heterocycles. The summed E-state index contributed by atoms with van der Waals surface area (Å²) in [6.07, 6.45) is -1.88. The molecule has 0 fully saturated rings. The molecule has 210 valence electrons. The van der Waals surface area contributed by atoms with Gasteiger partial charge in [0, 0.05) is 41.9 Å². The van der Waals surface area contributed by atoms with Crippen LogP contribution >= 0.6 is 0 Å². The molecular formula is C31H33F3N4O2. The average molecular weight is 551 g/mol. The van der Waals surface area contributed by atoms with E-state index in [2.05, 4.69) is 10.3 Å². The van der Waals surface area contributed by atoms with E-state index in [9.17, 15) is 22.8 Å². The molecule has 3 aromatic carbocycles. The quantitative estimate of drug-likeness (QED) is 0.235. The molecule has 0 saturated carbocycles. The number of amides is 3. The second-order valence-electron chi connectivity index (χ2n) is 10.1. The van der Waals surface area contributed by atoms with Crippen LogP contribution in [0.3, 0.4) is 0 Å². The molecule has 0 aliphatic carbocycles. The molecule has 0 radical (unpaired) electrons. The van der Waals surface area contributed by atoms with Crippen molar-refractivity contribution in [1.29, 1.82) is 0 Å². The molecule has 40 heavy (non-hydrogen) atoms. The second-order valence-corrected chi connectivity index (χ2v) is 10.1. The van der Waals surface area contributed by atoms with E-state index in [1.54, 1.807) is 18.7 Å². The number of nitrogens with zero attached hydrogens (tertiary/aromatic N) is 2. The van der Waals surface area contributed by atoms with E-state index >= 15 is 0 Å². The lowest BCUT2D eigenvalue weighted by atomic mass is 10.1. The lowest BCUT2D eigenvalue weighted by molar-refractivity contribution is -0.137. The van der Waals surface area contributed by atoms with E-state index < -0.39 is 17.8 Å². The zero-order chi connectivity index (χ0) is 28.9. The number of urea groups is 1. The Kier molecular flexibility index (Phi) is 8.82. The third kappa shape index (κ3) is 7.22. The monoisotopic (exact) mass is 550 g/mol. The van der Waals surface area contributed by atoms with Gasteiger partial charge in [-0.1, -0.05) is 48.0 Å². The molecule has 0 unspecified atom stereocenters. The molecule has 4 rings (SSSR count). The molecule has 0 bridgehead atoms. The predicted molar refractivity (Wildman–Crippen MR) is 151 cm³/mol. The van der Waals surface area contributed by atoms with Crippen molar-refractivity contribution < 1.29 is 22.8 Å². The Hall–Kier alpha value is -4.27. The van der Waals surface area contributed by atoms with Crippen molar-refractivity contribution in [1.82, 2.24) is 14.8 Å².